The average molecular weight is 348 g/mol. The Kier molecular flexibility index (Phi) is 5.56. The molecule has 1 saturated heterocycles. The van der Waals surface area contributed by atoms with E-state index in [1.807, 2.05) is 0 Å². The molecule has 0 radical (unpaired) electrons. The van der Waals surface area contributed by atoms with Crippen molar-refractivity contribution in [1.82, 2.24) is 20.0 Å². The number of hydrogen-bond donors (Lipinski definition) is 1. The molecule has 19 heavy (non-hydrogen) atoms. The van der Waals surface area contributed by atoms with Gasteiger partial charge in [-0.2, -0.15) is 0 Å². The van der Waals surface area contributed by atoms with E-state index in [4.69, 9.17) is 0 Å². The van der Waals surface area contributed by atoms with Crippen LogP contribution >= 0.6 is 27.3 Å². The number of nitrogens with zero attached hydrogens (tertiary/aromatic N) is 4. The van der Waals surface area contributed by atoms with Gasteiger partial charge >= 0.3 is 0 Å². The smallest absolute Gasteiger partial charge is 0.206 e. The Balaban J connectivity index is 1.89. The zero-order valence-electron chi connectivity index (χ0n) is 11.8. The molecule has 1 atom stereocenters. The molecule has 0 saturated carbocycles. The van der Waals surface area contributed by atoms with Crippen LogP contribution in [0, 0.1) is 5.92 Å². The van der Waals surface area contributed by atoms with Gasteiger partial charge in [0, 0.05) is 38.8 Å². The van der Waals surface area contributed by atoms with E-state index in [9.17, 15) is 0 Å². The number of halogens is 1. The van der Waals surface area contributed by atoms with E-state index in [1.54, 1.807) is 11.3 Å². The molecule has 1 unspecified atom stereocenters. The summed E-state index contributed by atoms with van der Waals surface area (Å²) in [7, 11) is 2.19. The molecule has 108 valence electrons. The molecule has 0 aliphatic carbocycles. The lowest BCUT2D eigenvalue weighted by molar-refractivity contribution is 0.0944. The molecule has 2 rings (SSSR count). The summed E-state index contributed by atoms with van der Waals surface area (Å²) in [6.07, 6.45) is 0. The van der Waals surface area contributed by atoms with Gasteiger partial charge in [0.05, 0.1) is 0 Å². The maximum Gasteiger partial charge on any atom is 0.206 e. The first-order chi connectivity index (χ1) is 9.06. The lowest BCUT2D eigenvalue weighted by atomic mass is 10.0. The fraction of sp³-hybridized carbons (Fsp3) is 0.833. The minimum absolute atomic E-state index is 0.552. The highest BCUT2D eigenvalue weighted by molar-refractivity contribution is 9.11. The fourth-order valence-corrected chi connectivity index (χ4v) is 3.43. The second-order valence-corrected chi connectivity index (χ2v) is 7.65. The van der Waals surface area contributed by atoms with Gasteiger partial charge in [0.15, 0.2) is 3.92 Å². The number of aromatic nitrogens is 2. The second-order valence-electron chi connectivity index (χ2n) is 5.39. The molecule has 7 heteroatoms. The summed E-state index contributed by atoms with van der Waals surface area (Å²) in [6.45, 7) is 10.1. The Hall–Kier alpha value is -0.240. The van der Waals surface area contributed by atoms with E-state index >= 15 is 0 Å². The monoisotopic (exact) mass is 347 g/mol. The summed E-state index contributed by atoms with van der Waals surface area (Å²) in [4.78, 5) is 4.98. The Bertz CT molecular complexity index is 389. The number of nitrogens with one attached hydrogen (secondary N) is 1. The molecule has 0 amide bonds. The van der Waals surface area contributed by atoms with Gasteiger partial charge in [-0.05, 0) is 28.9 Å². The van der Waals surface area contributed by atoms with E-state index < -0.39 is 0 Å². The lowest BCUT2D eigenvalue weighted by Crippen LogP contribution is -2.52. The number of rotatable bonds is 5. The second kappa shape index (κ2) is 6.97. The quantitative estimate of drug-likeness (QED) is 0.882. The van der Waals surface area contributed by atoms with Crippen LogP contribution in [-0.2, 0) is 0 Å². The van der Waals surface area contributed by atoms with Gasteiger partial charge < -0.3 is 10.2 Å². The van der Waals surface area contributed by atoms with Crippen LogP contribution in [0.25, 0.3) is 0 Å². The number of anilines is 1. The van der Waals surface area contributed by atoms with Crippen LogP contribution in [-0.4, -0.2) is 65.8 Å². The third-order valence-electron chi connectivity index (χ3n) is 3.64. The van der Waals surface area contributed by atoms with Crippen molar-refractivity contribution in [3.8, 4) is 0 Å². The van der Waals surface area contributed by atoms with Crippen LogP contribution < -0.4 is 5.32 Å². The van der Waals surface area contributed by atoms with Crippen molar-refractivity contribution in [2.75, 3.05) is 45.1 Å². The maximum absolute atomic E-state index is 4.09. The maximum atomic E-state index is 4.09. The van der Waals surface area contributed by atoms with Gasteiger partial charge in [-0.3, -0.25) is 4.90 Å². The first-order valence-corrected chi connectivity index (χ1v) is 8.32. The number of likely N-dealkylation sites (N-methyl/N-ethyl adjacent to an activating group) is 1. The summed E-state index contributed by atoms with van der Waals surface area (Å²) in [6, 6.07) is 0.552. The zero-order chi connectivity index (χ0) is 13.8. The van der Waals surface area contributed by atoms with Crippen LogP contribution in [0.3, 0.4) is 0 Å². The molecular formula is C12H22BrN5S. The Morgan fingerprint density at radius 2 is 1.95 bits per heavy atom. The highest BCUT2D eigenvalue weighted by atomic mass is 79.9. The SMILES string of the molecule is CC(C)C(CNc1nnc(Br)s1)N1CCN(C)CC1. The molecule has 1 N–H and O–H groups in total. The Labute approximate surface area is 127 Å². The van der Waals surface area contributed by atoms with Crippen molar-refractivity contribution in [1.29, 1.82) is 0 Å². The number of piperazine rings is 1. The third kappa shape index (κ3) is 4.37. The molecule has 1 aliphatic heterocycles. The highest BCUT2D eigenvalue weighted by Gasteiger charge is 2.24. The van der Waals surface area contributed by atoms with Gasteiger partial charge in [0.25, 0.3) is 0 Å². The minimum Gasteiger partial charge on any atom is -0.358 e. The summed E-state index contributed by atoms with van der Waals surface area (Å²) in [5, 5.41) is 12.4. The van der Waals surface area contributed by atoms with Crippen molar-refractivity contribution in [3.63, 3.8) is 0 Å². The van der Waals surface area contributed by atoms with E-state index in [2.05, 4.69) is 62.1 Å². The number of hydrogen-bond acceptors (Lipinski definition) is 6. The molecule has 5 nitrogen and oxygen atoms in total. The first-order valence-electron chi connectivity index (χ1n) is 6.71. The van der Waals surface area contributed by atoms with Crippen LogP contribution in [0.5, 0.6) is 0 Å². The molecule has 0 spiro atoms. The van der Waals surface area contributed by atoms with Crippen molar-refractivity contribution in [2.24, 2.45) is 5.92 Å². The van der Waals surface area contributed by atoms with Crippen molar-refractivity contribution < 1.29 is 0 Å². The van der Waals surface area contributed by atoms with Gasteiger partial charge in [-0.25, -0.2) is 0 Å². The largest absolute Gasteiger partial charge is 0.358 e. The molecule has 0 aromatic carbocycles. The van der Waals surface area contributed by atoms with E-state index in [0.717, 1.165) is 41.8 Å². The van der Waals surface area contributed by atoms with Crippen molar-refractivity contribution in [2.45, 2.75) is 19.9 Å². The Morgan fingerprint density at radius 1 is 1.26 bits per heavy atom. The van der Waals surface area contributed by atoms with E-state index in [0.29, 0.717) is 12.0 Å². The van der Waals surface area contributed by atoms with Gasteiger partial charge in [-0.1, -0.05) is 25.2 Å². The molecule has 1 fully saturated rings. The first kappa shape index (κ1) is 15.2. The summed E-state index contributed by atoms with van der Waals surface area (Å²) >= 11 is 4.89. The molecule has 2 heterocycles. The van der Waals surface area contributed by atoms with Crippen molar-refractivity contribution >= 4 is 32.4 Å². The average Bonchev–Trinajstić information content (AvgIpc) is 2.77. The standard InChI is InChI=1S/C12H22BrN5S/c1-9(2)10(18-6-4-17(3)5-7-18)8-14-12-16-15-11(13)19-12/h9-10H,4-8H2,1-3H3,(H,14,16). The van der Waals surface area contributed by atoms with Crippen LogP contribution in [0.15, 0.2) is 3.92 Å². The summed E-state index contributed by atoms with van der Waals surface area (Å²) in [5.74, 6) is 0.632. The van der Waals surface area contributed by atoms with E-state index in [1.165, 1.54) is 0 Å². The van der Waals surface area contributed by atoms with Gasteiger partial charge in [0.2, 0.25) is 5.13 Å². The summed E-state index contributed by atoms with van der Waals surface area (Å²) in [5.41, 5.74) is 0. The predicted octanol–water partition coefficient (Wildman–Crippen LogP) is 1.98. The minimum atomic E-state index is 0.552. The van der Waals surface area contributed by atoms with Crippen molar-refractivity contribution in [3.05, 3.63) is 3.92 Å². The molecule has 0 bridgehead atoms. The normalized spacial score (nSPS) is 19.8. The lowest BCUT2D eigenvalue weighted by Gasteiger charge is -2.39. The van der Waals surface area contributed by atoms with Gasteiger partial charge in [-0.15, -0.1) is 10.2 Å². The topological polar surface area (TPSA) is 44.3 Å². The Morgan fingerprint density at radius 3 is 2.47 bits per heavy atom. The summed E-state index contributed by atoms with van der Waals surface area (Å²) < 4.78 is 0.829. The molecule has 1 aromatic rings. The van der Waals surface area contributed by atoms with Crippen LogP contribution in [0.2, 0.25) is 0 Å². The zero-order valence-corrected chi connectivity index (χ0v) is 14.2. The third-order valence-corrected chi connectivity index (χ3v) is 4.95. The van der Waals surface area contributed by atoms with Crippen LogP contribution in [0.4, 0.5) is 5.13 Å². The molecule has 1 aliphatic rings. The highest BCUT2D eigenvalue weighted by Crippen LogP contribution is 2.21. The molecular weight excluding hydrogens is 326 g/mol. The fourth-order valence-electron chi connectivity index (χ4n) is 2.41. The van der Waals surface area contributed by atoms with Gasteiger partial charge in [0.1, 0.15) is 0 Å². The molecule has 1 aromatic heterocycles. The van der Waals surface area contributed by atoms with Crippen LogP contribution in [0.1, 0.15) is 13.8 Å². The predicted molar refractivity (Wildman–Crippen MR) is 83.8 cm³/mol. The van der Waals surface area contributed by atoms with E-state index in [-0.39, 0.29) is 0 Å².